The summed E-state index contributed by atoms with van der Waals surface area (Å²) in [6.07, 6.45) is 0.0136. The van der Waals surface area contributed by atoms with E-state index in [0.717, 1.165) is 0 Å². The number of hydrogen-bond donors (Lipinski definition) is 2. The zero-order valence-corrected chi connectivity index (χ0v) is 14.2. The molecule has 6 heteroatoms. The lowest BCUT2D eigenvalue weighted by Gasteiger charge is -2.30. The lowest BCUT2D eigenvalue weighted by molar-refractivity contribution is -0.143. The lowest BCUT2D eigenvalue weighted by Crippen LogP contribution is -2.46. The molecule has 0 atom stereocenters. The van der Waals surface area contributed by atoms with Crippen LogP contribution in [0.3, 0.4) is 0 Å². The predicted molar refractivity (Wildman–Crippen MR) is 80.3 cm³/mol. The molecular formula is C15H29NO5. The van der Waals surface area contributed by atoms with E-state index < -0.39 is 28.8 Å². The fourth-order valence-corrected chi connectivity index (χ4v) is 1.64. The van der Waals surface area contributed by atoms with E-state index in [1.165, 1.54) is 0 Å². The van der Waals surface area contributed by atoms with Crippen molar-refractivity contribution in [1.29, 1.82) is 0 Å². The van der Waals surface area contributed by atoms with Gasteiger partial charge in [-0.25, -0.2) is 4.79 Å². The Morgan fingerprint density at radius 1 is 1.05 bits per heavy atom. The molecule has 21 heavy (non-hydrogen) atoms. The molecule has 0 spiro atoms. The number of hydrogen-bond acceptors (Lipinski definition) is 4. The smallest absolute Gasteiger partial charge is 0.408 e. The van der Waals surface area contributed by atoms with E-state index in [2.05, 4.69) is 5.32 Å². The fraction of sp³-hybridized carbons (Fsp3) is 0.867. The minimum Gasteiger partial charge on any atom is -0.481 e. The highest BCUT2D eigenvalue weighted by Crippen LogP contribution is 2.18. The number of aliphatic carboxylic acids is 1. The van der Waals surface area contributed by atoms with E-state index in [4.69, 9.17) is 14.6 Å². The number of carboxylic acids is 1. The highest BCUT2D eigenvalue weighted by Gasteiger charge is 2.27. The third kappa shape index (κ3) is 11.1. The Morgan fingerprint density at radius 2 is 1.57 bits per heavy atom. The molecule has 0 aromatic carbocycles. The molecule has 0 aliphatic rings. The summed E-state index contributed by atoms with van der Waals surface area (Å²) in [6, 6.07) is 0. The van der Waals surface area contributed by atoms with Gasteiger partial charge in [0.05, 0.1) is 12.0 Å². The molecule has 124 valence electrons. The maximum absolute atomic E-state index is 11.7. The highest BCUT2D eigenvalue weighted by atomic mass is 16.6. The third-order valence-electron chi connectivity index (χ3n) is 2.64. The Labute approximate surface area is 127 Å². The minimum atomic E-state index is -0.897. The van der Waals surface area contributed by atoms with Crippen molar-refractivity contribution in [2.45, 2.75) is 78.0 Å². The molecule has 0 aliphatic carbocycles. The second kappa shape index (κ2) is 7.11. The number of carbonyl (C=O) groups excluding carboxylic acids is 1. The van der Waals surface area contributed by atoms with Crippen LogP contribution < -0.4 is 5.32 Å². The van der Waals surface area contributed by atoms with Crippen LogP contribution in [0.25, 0.3) is 0 Å². The summed E-state index contributed by atoms with van der Waals surface area (Å²) in [5, 5.41) is 11.6. The van der Waals surface area contributed by atoms with Crippen LogP contribution in [-0.2, 0) is 14.3 Å². The standard InChI is InChI=1S/C15H29NO5/c1-13(2,3)21-12(19)16-14(4,5)8-9-20-15(6,7)10-11(17)18/h8-10H2,1-7H3,(H,16,19)(H,17,18). The number of nitrogens with one attached hydrogen (secondary N) is 1. The molecule has 0 rings (SSSR count). The molecule has 6 nitrogen and oxygen atoms in total. The van der Waals surface area contributed by atoms with Gasteiger partial charge in [-0.1, -0.05) is 0 Å². The van der Waals surface area contributed by atoms with Crippen molar-refractivity contribution in [1.82, 2.24) is 5.32 Å². The summed E-state index contributed by atoms with van der Waals surface area (Å²) in [5.74, 6) is -0.897. The van der Waals surface area contributed by atoms with Gasteiger partial charge in [0.25, 0.3) is 0 Å². The van der Waals surface area contributed by atoms with Crippen LogP contribution in [0.1, 0.15) is 61.3 Å². The van der Waals surface area contributed by atoms with E-state index in [9.17, 15) is 9.59 Å². The van der Waals surface area contributed by atoms with Crippen molar-refractivity contribution in [3.05, 3.63) is 0 Å². The lowest BCUT2D eigenvalue weighted by atomic mass is 10.0. The average Bonchev–Trinajstić information content (AvgIpc) is 2.08. The topological polar surface area (TPSA) is 84.9 Å². The molecule has 1 amide bonds. The summed E-state index contributed by atoms with van der Waals surface area (Å²) < 4.78 is 10.8. The fourth-order valence-electron chi connectivity index (χ4n) is 1.64. The quantitative estimate of drug-likeness (QED) is 0.755. The largest absolute Gasteiger partial charge is 0.481 e. The molecule has 0 heterocycles. The van der Waals surface area contributed by atoms with Gasteiger partial charge in [0.1, 0.15) is 5.60 Å². The second-order valence-corrected chi connectivity index (χ2v) is 7.44. The summed E-state index contributed by atoms with van der Waals surface area (Å²) in [6.45, 7) is 13.0. The first-order chi connectivity index (χ1) is 9.22. The Bertz CT molecular complexity index is 369. The molecule has 0 saturated heterocycles. The summed E-state index contributed by atoms with van der Waals surface area (Å²) in [5.41, 5.74) is -1.77. The SMILES string of the molecule is CC(C)(CCOC(C)(C)CC(=O)O)NC(=O)OC(C)(C)C. The van der Waals surface area contributed by atoms with Crippen LogP contribution in [0, 0.1) is 0 Å². The van der Waals surface area contributed by atoms with E-state index in [-0.39, 0.29) is 6.42 Å². The molecule has 0 bridgehead atoms. The van der Waals surface area contributed by atoms with E-state index >= 15 is 0 Å². The molecule has 0 radical (unpaired) electrons. The van der Waals surface area contributed by atoms with Crippen molar-refractivity contribution < 1.29 is 24.2 Å². The predicted octanol–water partition coefficient (Wildman–Crippen LogP) is 2.95. The summed E-state index contributed by atoms with van der Waals surface area (Å²) >= 11 is 0. The number of ether oxygens (including phenoxy) is 2. The summed E-state index contributed by atoms with van der Waals surface area (Å²) in [7, 11) is 0. The normalized spacial score (nSPS) is 12.9. The van der Waals surface area contributed by atoms with Crippen LogP contribution in [0.4, 0.5) is 4.79 Å². The molecular weight excluding hydrogens is 274 g/mol. The van der Waals surface area contributed by atoms with Crippen molar-refractivity contribution in [3.63, 3.8) is 0 Å². The molecule has 0 aliphatic heterocycles. The summed E-state index contributed by atoms with van der Waals surface area (Å²) in [4.78, 5) is 22.4. The Hall–Kier alpha value is -1.30. The van der Waals surface area contributed by atoms with Crippen LogP contribution in [-0.4, -0.2) is 40.5 Å². The Kier molecular flexibility index (Phi) is 6.67. The minimum absolute atomic E-state index is 0.0626. The number of amides is 1. The molecule has 0 aromatic rings. The van der Waals surface area contributed by atoms with Crippen molar-refractivity contribution in [2.75, 3.05) is 6.61 Å². The van der Waals surface area contributed by atoms with Gasteiger partial charge >= 0.3 is 12.1 Å². The number of alkyl carbamates (subject to hydrolysis) is 1. The maximum atomic E-state index is 11.7. The van der Waals surface area contributed by atoms with Crippen LogP contribution >= 0.6 is 0 Å². The van der Waals surface area contributed by atoms with Gasteiger partial charge in [-0.15, -0.1) is 0 Å². The van der Waals surface area contributed by atoms with E-state index in [1.54, 1.807) is 34.6 Å². The molecule has 0 fully saturated rings. The van der Waals surface area contributed by atoms with Crippen LogP contribution in [0.15, 0.2) is 0 Å². The van der Waals surface area contributed by atoms with E-state index in [0.29, 0.717) is 13.0 Å². The van der Waals surface area contributed by atoms with Gasteiger partial charge in [-0.2, -0.15) is 0 Å². The highest BCUT2D eigenvalue weighted by molar-refractivity contribution is 5.68. The number of carbonyl (C=O) groups is 2. The van der Waals surface area contributed by atoms with Crippen molar-refractivity contribution in [2.24, 2.45) is 0 Å². The van der Waals surface area contributed by atoms with Crippen LogP contribution in [0.2, 0.25) is 0 Å². The molecule has 0 unspecified atom stereocenters. The third-order valence-corrected chi connectivity index (χ3v) is 2.64. The zero-order chi connectivity index (χ0) is 16.9. The maximum Gasteiger partial charge on any atom is 0.408 e. The zero-order valence-electron chi connectivity index (χ0n) is 14.2. The first kappa shape index (κ1) is 19.7. The molecule has 0 saturated carbocycles. The molecule has 0 aromatic heterocycles. The van der Waals surface area contributed by atoms with Crippen molar-refractivity contribution in [3.8, 4) is 0 Å². The van der Waals surface area contributed by atoms with Gasteiger partial charge < -0.3 is 19.9 Å². The number of carboxylic acid groups (broad SMARTS) is 1. The van der Waals surface area contributed by atoms with Gasteiger partial charge in [0.2, 0.25) is 0 Å². The second-order valence-electron chi connectivity index (χ2n) is 7.44. The van der Waals surface area contributed by atoms with Gasteiger partial charge in [-0.05, 0) is 54.9 Å². The first-order valence-electron chi connectivity index (χ1n) is 7.09. The number of rotatable bonds is 7. The van der Waals surface area contributed by atoms with Gasteiger partial charge in [0, 0.05) is 12.1 Å². The Morgan fingerprint density at radius 3 is 2.00 bits per heavy atom. The molecule has 2 N–H and O–H groups in total. The van der Waals surface area contributed by atoms with Gasteiger partial charge in [0.15, 0.2) is 0 Å². The average molecular weight is 303 g/mol. The van der Waals surface area contributed by atoms with Crippen molar-refractivity contribution >= 4 is 12.1 Å². The Balaban J connectivity index is 4.25. The first-order valence-corrected chi connectivity index (χ1v) is 7.09. The van der Waals surface area contributed by atoms with Crippen LogP contribution in [0.5, 0.6) is 0 Å². The monoisotopic (exact) mass is 303 g/mol. The van der Waals surface area contributed by atoms with Gasteiger partial charge in [-0.3, -0.25) is 4.79 Å². The van der Waals surface area contributed by atoms with E-state index in [1.807, 2.05) is 13.8 Å².